The minimum Gasteiger partial charge on any atom is -0.497 e. The molecule has 0 fully saturated rings. The van der Waals surface area contributed by atoms with Crippen LogP contribution in [0.25, 0.3) is 0 Å². The monoisotopic (exact) mass is 634 g/mol. The van der Waals surface area contributed by atoms with Crippen molar-refractivity contribution < 1.29 is 42.0 Å². The number of amides is 1. The van der Waals surface area contributed by atoms with E-state index < -0.39 is 23.9 Å². The molecule has 2 N–H and O–H groups in total. The molecule has 0 radical (unpaired) electrons. The second-order valence-corrected chi connectivity index (χ2v) is 10.6. The number of aliphatic imine (C=N–C) groups is 1. The average molecular weight is 635 g/mol. The van der Waals surface area contributed by atoms with E-state index in [-0.39, 0.29) is 31.2 Å². The largest absolute Gasteiger partial charge is 0.573 e. The molecule has 1 amide bonds. The quantitative estimate of drug-likeness (QED) is 0.171. The highest BCUT2D eigenvalue weighted by molar-refractivity contribution is 6.01. The summed E-state index contributed by atoms with van der Waals surface area (Å²) in [6.07, 6.45) is -4.98. The van der Waals surface area contributed by atoms with E-state index in [1.165, 1.54) is 24.3 Å². The van der Waals surface area contributed by atoms with Crippen molar-refractivity contribution in [2.45, 2.75) is 37.4 Å². The van der Waals surface area contributed by atoms with Crippen LogP contribution in [0.5, 0.6) is 17.2 Å². The van der Waals surface area contributed by atoms with Gasteiger partial charge in [0.2, 0.25) is 5.90 Å². The minimum absolute atomic E-state index is 0.0250. The van der Waals surface area contributed by atoms with Gasteiger partial charge in [-0.3, -0.25) is 4.79 Å². The second kappa shape index (κ2) is 14.4. The predicted molar refractivity (Wildman–Crippen MR) is 165 cm³/mol. The van der Waals surface area contributed by atoms with Crippen LogP contribution in [0, 0.1) is 0 Å². The fourth-order valence-corrected chi connectivity index (χ4v) is 5.14. The van der Waals surface area contributed by atoms with E-state index in [0.29, 0.717) is 41.2 Å². The van der Waals surface area contributed by atoms with Crippen molar-refractivity contribution in [3.8, 4) is 17.2 Å². The van der Waals surface area contributed by atoms with E-state index in [0.717, 1.165) is 5.56 Å². The third-order valence-electron chi connectivity index (χ3n) is 7.35. The highest BCUT2D eigenvalue weighted by Gasteiger charge is 2.53. The second-order valence-electron chi connectivity index (χ2n) is 10.6. The molecule has 2 atom stereocenters. The van der Waals surface area contributed by atoms with Gasteiger partial charge < -0.3 is 29.4 Å². The molecular formula is C35H33F3N2O6. The zero-order valence-electron chi connectivity index (χ0n) is 25.0. The average Bonchev–Trinajstić information content (AvgIpc) is 3.45. The molecule has 240 valence electrons. The number of ether oxygens (including phenoxy) is 4. The minimum atomic E-state index is -4.81. The zero-order valence-corrected chi connectivity index (χ0v) is 25.0. The van der Waals surface area contributed by atoms with Crippen LogP contribution in [0.4, 0.5) is 13.2 Å². The zero-order chi connectivity index (χ0) is 32.6. The number of carbonyl (C=O) groups is 1. The van der Waals surface area contributed by atoms with Gasteiger partial charge in [0, 0.05) is 31.6 Å². The molecule has 1 aliphatic rings. The first-order valence-electron chi connectivity index (χ1n) is 14.6. The predicted octanol–water partition coefficient (Wildman–Crippen LogP) is 6.17. The molecule has 1 heterocycles. The summed E-state index contributed by atoms with van der Waals surface area (Å²) in [6, 6.07) is 29.1. The van der Waals surface area contributed by atoms with E-state index in [1.54, 1.807) is 43.5 Å². The Morgan fingerprint density at radius 3 is 2.30 bits per heavy atom. The summed E-state index contributed by atoms with van der Waals surface area (Å²) >= 11 is 0. The molecule has 4 aromatic carbocycles. The Labute approximate surface area is 264 Å². The highest BCUT2D eigenvalue weighted by Crippen LogP contribution is 2.43. The summed E-state index contributed by atoms with van der Waals surface area (Å²) in [5.41, 5.74) is 1.24. The number of aliphatic hydroxyl groups is 1. The number of carbonyl (C=O) groups excluding carboxylic acids is 1. The lowest BCUT2D eigenvalue weighted by atomic mass is 9.82. The maximum absolute atomic E-state index is 14.4. The van der Waals surface area contributed by atoms with Crippen molar-refractivity contribution in [3.63, 3.8) is 0 Å². The molecule has 46 heavy (non-hydrogen) atoms. The van der Waals surface area contributed by atoms with Crippen LogP contribution in [0.3, 0.4) is 0 Å². The van der Waals surface area contributed by atoms with Crippen LogP contribution in [-0.2, 0) is 22.5 Å². The van der Waals surface area contributed by atoms with Crippen molar-refractivity contribution in [1.29, 1.82) is 0 Å². The Morgan fingerprint density at radius 2 is 1.63 bits per heavy atom. The molecule has 11 heteroatoms. The van der Waals surface area contributed by atoms with Crippen LogP contribution < -0.4 is 19.5 Å². The summed E-state index contributed by atoms with van der Waals surface area (Å²) in [6.45, 7) is 0.415. The Morgan fingerprint density at radius 1 is 0.913 bits per heavy atom. The van der Waals surface area contributed by atoms with Gasteiger partial charge in [0.25, 0.3) is 5.91 Å². The molecule has 0 unspecified atom stereocenters. The fourth-order valence-electron chi connectivity index (χ4n) is 5.14. The number of hydrogen-bond acceptors (Lipinski definition) is 7. The lowest BCUT2D eigenvalue weighted by molar-refractivity contribution is -0.274. The van der Waals surface area contributed by atoms with Crippen LogP contribution >= 0.6 is 0 Å². The SMILES string of the molecule is COc1cccc([C@H]2OC(c3ccc(OCCCO)cc3)=N[C@@]2(Cc2ccccc2)C(=O)NCc2ccc(OC(F)(F)F)cc2)c1. The van der Waals surface area contributed by atoms with Crippen molar-refractivity contribution in [2.75, 3.05) is 20.3 Å². The molecule has 5 rings (SSSR count). The summed E-state index contributed by atoms with van der Waals surface area (Å²) in [5.74, 6) is 0.659. The first-order valence-corrected chi connectivity index (χ1v) is 14.6. The van der Waals surface area contributed by atoms with Gasteiger partial charge in [-0.2, -0.15) is 0 Å². The third kappa shape index (κ3) is 7.97. The van der Waals surface area contributed by atoms with Crippen LogP contribution in [0.2, 0.25) is 0 Å². The number of benzene rings is 4. The number of methoxy groups -OCH3 is 1. The molecule has 0 bridgehead atoms. The summed E-state index contributed by atoms with van der Waals surface area (Å²) in [4.78, 5) is 19.4. The summed E-state index contributed by atoms with van der Waals surface area (Å²) in [7, 11) is 1.55. The van der Waals surface area contributed by atoms with Gasteiger partial charge >= 0.3 is 6.36 Å². The standard InChI is InChI=1S/C35H33F3N2O6/c1-43-30-10-5-9-27(21-30)31-34(22-24-7-3-2-4-8-24,33(42)39-23-25-11-15-29(16-12-25)46-35(36,37)38)40-32(45-31)26-13-17-28(18-14-26)44-20-6-19-41/h2-5,7-18,21,31,41H,6,19-20,22-23H2,1H3,(H,39,42)/t31-,34-/m1/s1. The molecule has 0 spiro atoms. The van der Waals surface area contributed by atoms with Gasteiger partial charge in [0.05, 0.1) is 13.7 Å². The van der Waals surface area contributed by atoms with Gasteiger partial charge in [0.1, 0.15) is 17.2 Å². The smallest absolute Gasteiger partial charge is 0.497 e. The molecule has 4 aromatic rings. The Kier molecular flexibility index (Phi) is 10.1. The summed E-state index contributed by atoms with van der Waals surface area (Å²) in [5, 5.41) is 12.0. The number of nitrogens with one attached hydrogen (secondary N) is 1. The summed E-state index contributed by atoms with van der Waals surface area (Å²) < 4.78 is 59.5. The van der Waals surface area contributed by atoms with E-state index in [4.69, 9.17) is 24.3 Å². The van der Waals surface area contributed by atoms with Crippen molar-refractivity contribution >= 4 is 11.8 Å². The van der Waals surface area contributed by atoms with E-state index in [9.17, 15) is 18.0 Å². The van der Waals surface area contributed by atoms with Crippen molar-refractivity contribution in [1.82, 2.24) is 5.32 Å². The molecular weight excluding hydrogens is 601 g/mol. The normalized spacial score (nSPS) is 17.5. The van der Waals surface area contributed by atoms with Gasteiger partial charge in [0.15, 0.2) is 11.6 Å². The first-order chi connectivity index (χ1) is 22.2. The van der Waals surface area contributed by atoms with Crippen LogP contribution in [-0.4, -0.2) is 49.1 Å². The van der Waals surface area contributed by atoms with Crippen molar-refractivity contribution in [2.24, 2.45) is 4.99 Å². The van der Waals surface area contributed by atoms with E-state index in [2.05, 4.69) is 10.1 Å². The van der Waals surface area contributed by atoms with Gasteiger partial charge in [-0.15, -0.1) is 13.2 Å². The molecule has 8 nitrogen and oxygen atoms in total. The lowest BCUT2D eigenvalue weighted by Gasteiger charge is -2.31. The molecule has 0 aromatic heterocycles. The lowest BCUT2D eigenvalue weighted by Crippen LogP contribution is -2.49. The Hall–Kier alpha value is -5.03. The number of aliphatic hydroxyl groups excluding tert-OH is 1. The van der Waals surface area contributed by atoms with Gasteiger partial charge in [-0.1, -0.05) is 54.6 Å². The fraction of sp³-hybridized carbons (Fsp3) is 0.257. The first kappa shape index (κ1) is 32.4. The molecule has 1 aliphatic heterocycles. The number of hydrogen-bond donors (Lipinski definition) is 2. The Bertz CT molecular complexity index is 1630. The van der Waals surface area contributed by atoms with E-state index >= 15 is 0 Å². The number of alkyl halides is 3. The topological polar surface area (TPSA) is 98.6 Å². The van der Waals surface area contributed by atoms with Gasteiger partial charge in [-0.05, 0) is 65.2 Å². The third-order valence-corrected chi connectivity index (χ3v) is 7.35. The molecule has 0 aliphatic carbocycles. The van der Waals surface area contributed by atoms with Crippen LogP contribution in [0.15, 0.2) is 108 Å². The number of halogens is 3. The molecule has 0 saturated heterocycles. The number of rotatable bonds is 13. The van der Waals surface area contributed by atoms with E-state index in [1.807, 2.05) is 42.5 Å². The Balaban J connectivity index is 1.50. The van der Waals surface area contributed by atoms with Crippen molar-refractivity contribution in [3.05, 3.63) is 125 Å². The van der Waals surface area contributed by atoms with Crippen LogP contribution in [0.1, 0.15) is 34.8 Å². The molecule has 0 saturated carbocycles. The number of nitrogens with zero attached hydrogens (tertiary/aromatic N) is 1. The maximum Gasteiger partial charge on any atom is 0.573 e. The van der Waals surface area contributed by atoms with Gasteiger partial charge in [-0.25, -0.2) is 4.99 Å². The maximum atomic E-state index is 14.4. The highest BCUT2D eigenvalue weighted by atomic mass is 19.4.